The average Bonchev–Trinajstić information content (AvgIpc) is 2.78. The van der Waals surface area contributed by atoms with Crippen LogP contribution in [-0.4, -0.2) is 61.4 Å². The monoisotopic (exact) mass is 446 g/mol. The largest absolute Gasteiger partial charge is 0.494 e. The molecule has 0 radical (unpaired) electrons. The van der Waals surface area contributed by atoms with Gasteiger partial charge in [-0.15, -0.1) is 5.10 Å². The van der Waals surface area contributed by atoms with Crippen molar-refractivity contribution in [2.24, 2.45) is 16.7 Å². The van der Waals surface area contributed by atoms with Crippen LogP contribution in [0.1, 0.15) is 27.3 Å². The Labute approximate surface area is 185 Å². The molecule has 1 atom stereocenters. The molecule has 172 valence electrons. The number of methoxy groups -OCH3 is 1. The number of amides is 1. The van der Waals surface area contributed by atoms with E-state index in [4.69, 9.17) is 25.8 Å². The van der Waals surface area contributed by atoms with Crippen LogP contribution in [0, 0.1) is 12.7 Å². The average molecular weight is 446 g/mol. The Morgan fingerprint density at radius 2 is 2.19 bits per heavy atom. The van der Waals surface area contributed by atoms with Gasteiger partial charge in [-0.2, -0.15) is 0 Å². The van der Waals surface area contributed by atoms with Crippen molar-refractivity contribution in [3.05, 3.63) is 58.7 Å². The summed E-state index contributed by atoms with van der Waals surface area (Å²) in [5, 5.41) is 8.10. The molecule has 1 amide bonds. The highest BCUT2D eigenvalue weighted by Gasteiger charge is 2.17. The number of ether oxygens (including phenoxy) is 3. The highest BCUT2D eigenvalue weighted by atomic mass is 19.1. The van der Waals surface area contributed by atoms with E-state index in [0.29, 0.717) is 43.2 Å². The third-order valence-electron chi connectivity index (χ3n) is 4.66. The highest BCUT2D eigenvalue weighted by Crippen LogP contribution is 2.18. The number of nitrogens with two attached hydrogens (primary N) is 2. The van der Waals surface area contributed by atoms with Crippen molar-refractivity contribution in [2.75, 3.05) is 33.5 Å². The topological polar surface area (TPSA) is 137 Å². The van der Waals surface area contributed by atoms with Crippen molar-refractivity contribution in [2.45, 2.75) is 19.6 Å². The van der Waals surface area contributed by atoms with E-state index >= 15 is 0 Å². The Morgan fingerprint density at radius 1 is 1.38 bits per heavy atom. The standard InChI is InChI=1S/C21H27FN6O4/c1-13-7-15(20(23)27-28(24)11-16-12-31-5-6-32-16)9-18(26-13)21(29)25-10-14-3-4-17(22)19(8-14)30-2/h3-4,7-9,16H,5-6,10-12,24H2,1-2H3,(H2,23,27)(H,25,29). The zero-order chi connectivity index (χ0) is 23.1. The van der Waals surface area contributed by atoms with Crippen LogP contribution in [0.5, 0.6) is 5.75 Å². The van der Waals surface area contributed by atoms with Gasteiger partial charge in [0.2, 0.25) is 0 Å². The number of aromatic nitrogens is 1. The summed E-state index contributed by atoms with van der Waals surface area (Å²) >= 11 is 0. The minimum absolute atomic E-state index is 0.105. The Hall–Kier alpha value is -3.28. The number of halogens is 1. The molecule has 2 aromatic rings. The van der Waals surface area contributed by atoms with E-state index in [1.807, 2.05) is 0 Å². The molecule has 1 aromatic heterocycles. The molecule has 3 rings (SSSR count). The molecule has 0 bridgehead atoms. The van der Waals surface area contributed by atoms with Gasteiger partial charge >= 0.3 is 0 Å². The van der Waals surface area contributed by atoms with Gasteiger partial charge < -0.3 is 25.3 Å². The van der Waals surface area contributed by atoms with Crippen LogP contribution in [0.4, 0.5) is 4.39 Å². The van der Waals surface area contributed by atoms with Crippen molar-refractivity contribution >= 4 is 11.7 Å². The molecule has 1 aliphatic rings. The number of hydrogen-bond donors (Lipinski definition) is 3. The second-order valence-corrected chi connectivity index (χ2v) is 7.21. The molecule has 11 heteroatoms. The lowest BCUT2D eigenvalue weighted by Gasteiger charge is -2.25. The first-order valence-corrected chi connectivity index (χ1v) is 10.0. The Kier molecular flexibility index (Phi) is 7.92. The van der Waals surface area contributed by atoms with Gasteiger partial charge in [0, 0.05) is 17.8 Å². The molecule has 1 aromatic carbocycles. The van der Waals surface area contributed by atoms with Gasteiger partial charge in [0.05, 0.1) is 33.5 Å². The Morgan fingerprint density at radius 3 is 2.91 bits per heavy atom. The van der Waals surface area contributed by atoms with Crippen molar-refractivity contribution in [1.82, 2.24) is 15.4 Å². The van der Waals surface area contributed by atoms with Crippen LogP contribution in [0.25, 0.3) is 0 Å². The maximum Gasteiger partial charge on any atom is 0.270 e. The quantitative estimate of drug-likeness (QED) is 0.233. The number of aryl methyl sites for hydroxylation is 1. The normalized spacial score (nSPS) is 16.5. The van der Waals surface area contributed by atoms with Crippen molar-refractivity contribution < 1.29 is 23.4 Å². The van der Waals surface area contributed by atoms with E-state index in [0.717, 1.165) is 0 Å². The van der Waals surface area contributed by atoms with E-state index in [-0.39, 0.29) is 29.9 Å². The second-order valence-electron chi connectivity index (χ2n) is 7.21. The first kappa shape index (κ1) is 23.4. The lowest BCUT2D eigenvalue weighted by Crippen LogP contribution is -2.41. The van der Waals surface area contributed by atoms with E-state index in [2.05, 4.69) is 15.4 Å². The first-order chi connectivity index (χ1) is 15.4. The predicted molar refractivity (Wildman–Crippen MR) is 115 cm³/mol. The lowest BCUT2D eigenvalue weighted by atomic mass is 10.1. The summed E-state index contributed by atoms with van der Waals surface area (Å²) in [6.45, 7) is 3.71. The molecule has 0 spiro atoms. The second kappa shape index (κ2) is 10.8. The van der Waals surface area contributed by atoms with Crippen molar-refractivity contribution in [1.29, 1.82) is 0 Å². The fraction of sp³-hybridized carbons (Fsp3) is 0.381. The van der Waals surface area contributed by atoms with Crippen LogP contribution in [0.2, 0.25) is 0 Å². The van der Waals surface area contributed by atoms with Crippen LogP contribution >= 0.6 is 0 Å². The SMILES string of the molecule is COc1cc(CNC(=O)c2cc(/C(N)=N/N(N)CC3COCCO3)cc(C)n2)ccc1F. The Balaban J connectivity index is 1.66. The van der Waals surface area contributed by atoms with Gasteiger partial charge in [-0.05, 0) is 36.8 Å². The minimum Gasteiger partial charge on any atom is -0.494 e. The van der Waals surface area contributed by atoms with E-state index < -0.39 is 11.7 Å². The summed E-state index contributed by atoms with van der Waals surface area (Å²) in [4.78, 5) is 16.9. The van der Waals surface area contributed by atoms with Crippen LogP contribution in [0.15, 0.2) is 35.4 Å². The van der Waals surface area contributed by atoms with Gasteiger partial charge in [0.25, 0.3) is 5.91 Å². The summed E-state index contributed by atoms with van der Waals surface area (Å²) in [6, 6.07) is 7.60. The fourth-order valence-corrected chi connectivity index (χ4v) is 3.11. The molecule has 2 heterocycles. The zero-order valence-electron chi connectivity index (χ0n) is 18.0. The molecule has 1 unspecified atom stereocenters. The van der Waals surface area contributed by atoms with Gasteiger partial charge in [0.15, 0.2) is 17.4 Å². The fourth-order valence-electron chi connectivity index (χ4n) is 3.11. The number of hydrazone groups is 1. The first-order valence-electron chi connectivity index (χ1n) is 10.0. The summed E-state index contributed by atoms with van der Waals surface area (Å²) in [5.41, 5.74) is 8.03. The van der Waals surface area contributed by atoms with Crippen LogP contribution < -0.4 is 21.6 Å². The summed E-state index contributed by atoms with van der Waals surface area (Å²) < 4.78 is 29.4. The highest BCUT2D eigenvalue weighted by molar-refractivity contribution is 6.00. The minimum atomic E-state index is -0.473. The number of pyridine rings is 1. The Bertz CT molecular complexity index is 981. The van der Waals surface area contributed by atoms with Gasteiger partial charge in [-0.3, -0.25) is 4.79 Å². The summed E-state index contributed by atoms with van der Waals surface area (Å²) in [6.07, 6.45) is -0.198. The predicted octanol–water partition coefficient (Wildman–Crippen LogP) is 0.679. The number of hydrazine groups is 1. The van der Waals surface area contributed by atoms with E-state index in [9.17, 15) is 9.18 Å². The van der Waals surface area contributed by atoms with Crippen molar-refractivity contribution in [3.8, 4) is 5.75 Å². The number of rotatable bonds is 8. The molecule has 1 saturated heterocycles. The molecular formula is C21H27FN6O4. The zero-order valence-corrected chi connectivity index (χ0v) is 18.0. The maximum absolute atomic E-state index is 13.5. The van der Waals surface area contributed by atoms with Gasteiger partial charge in [0.1, 0.15) is 11.8 Å². The van der Waals surface area contributed by atoms with Gasteiger partial charge in [-0.25, -0.2) is 20.3 Å². The van der Waals surface area contributed by atoms with Crippen LogP contribution in [0.3, 0.4) is 0 Å². The maximum atomic E-state index is 13.5. The van der Waals surface area contributed by atoms with E-state index in [1.165, 1.54) is 30.4 Å². The molecule has 0 saturated carbocycles. The number of carbonyl (C=O) groups excluding carboxylic acids is 1. The molecule has 32 heavy (non-hydrogen) atoms. The summed E-state index contributed by atoms with van der Waals surface area (Å²) in [7, 11) is 1.38. The number of amidine groups is 1. The number of carbonyl (C=O) groups is 1. The number of nitrogens with zero attached hydrogens (tertiary/aromatic N) is 3. The third kappa shape index (κ3) is 6.36. The van der Waals surface area contributed by atoms with Gasteiger partial charge in [-0.1, -0.05) is 6.07 Å². The number of benzene rings is 1. The molecule has 10 nitrogen and oxygen atoms in total. The third-order valence-corrected chi connectivity index (χ3v) is 4.66. The molecule has 5 N–H and O–H groups in total. The molecular weight excluding hydrogens is 419 g/mol. The molecule has 0 aliphatic carbocycles. The smallest absolute Gasteiger partial charge is 0.270 e. The lowest BCUT2D eigenvalue weighted by molar-refractivity contribution is -0.0976. The number of nitrogens with one attached hydrogen (secondary N) is 1. The summed E-state index contributed by atoms with van der Waals surface area (Å²) in [5.74, 6) is 5.27. The van der Waals surface area contributed by atoms with Crippen LogP contribution in [-0.2, 0) is 16.0 Å². The number of hydrogen-bond acceptors (Lipinski definition) is 8. The van der Waals surface area contributed by atoms with E-state index in [1.54, 1.807) is 19.1 Å². The molecule has 1 aliphatic heterocycles. The molecule has 1 fully saturated rings. The van der Waals surface area contributed by atoms with Crippen molar-refractivity contribution in [3.63, 3.8) is 0 Å².